The molecule has 0 aliphatic heterocycles. The number of thioether (sulfide) groups is 1. The Kier molecular flexibility index (Phi) is 9.97. The highest BCUT2D eigenvalue weighted by atomic mass is 127. The van der Waals surface area contributed by atoms with Crippen LogP contribution in [-0.4, -0.2) is 39.0 Å². The van der Waals surface area contributed by atoms with Crippen molar-refractivity contribution in [3.05, 3.63) is 29.3 Å². The molecule has 0 heterocycles. The third-order valence-corrected chi connectivity index (χ3v) is 4.52. The van der Waals surface area contributed by atoms with E-state index in [4.69, 9.17) is 4.74 Å². The van der Waals surface area contributed by atoms with Gasteiger partial charge in [0, 0.05) is 31.6 Å². The van der Waals surface area contributed by atoms with E-state index in [2.05, 4.69) is 47.0 Å². The summed E-state index contributed by atoms with van der Waals surface area (Å²) in [6.45, 7) is 5.33. The minimum Gasteiger partial charge on any atom is -0.379 e. The molecule has 2 rings (SSSR count). The number of guanidine groups is 1. The van der Waals surface area contributed by atoms with E-state index in [1.807, 2.05) is 0 Å². The van der Waals surface area contributed by atoms with Gasteiger partial charge in [0.1, 0.15) is 0 Å². The van der Waals surface area contributed by atoms with Gasteiger partial charge in [-0.05, 0) is 49.1 Å². The van der Waals surface area contributed by atoms with Gasteiger partial charge in [0.25, 0.3) is 0 Å². The maximum Gasteiger partial charge on any atom is 0.191 e. The Labute approximate surface area is 161 Å². The molecule has 0 saturated heterocycles. The number of hydrogen-bond acceptors (Lipinski definition) is 3. The van der Waals surface area contributed by atoms with Crippen LogP contribution >= 0.6 is 35.7 Å². The lowest BCUT2D eigenvalue weighted by molar-refractivity contribution is 0.129. The van der Waals surface area contributed by atoms with Gasteiger partial charge in [-0.25, -0.2) is 0 Å². The molecular formula is C17H28IN3OS. The second-order valence-corrected chi connectivity index (χ2v) is 6.53. The molecule has 0 unspecified atom stereocenters. The largest absolute Gasteiger partial charge is 0.379 e. The third kappa shape index (κ3) is 7.76. The molecule has 0 atom stereocenters. The fourth-order valence-corrected chi connectivity index (χ4v) is 2.88. The topological polar surface area (TPSA) is 45.7 Å². The summed E-state index contributed by atoms with van der Waals surface area (Å²) in [5.74, 6) is 1.64. The Balaban J connectivity index is 0.00000264. The number of benzene rings is 1. The van der Waals surface area contributed by atoms with E-state index in [9.17, 15) is 0 Å². The smallest absolute Gasteiger partial charge is 0.191 e. The van der Waals surface area contributed by atoms with Gasteiger partial charge >= 0.3 is 0 Å². The fraction of sp³-hybridized carbons (Fsp3) is 0.588. The molecule has 23 heavy (non-hydrogen) atoms. The first kappa shape index (κ1) is 20.6. The molecule has 0 aromatic heterocycles. The molecule has 0 amide bonds. The minimum atomic E-state index is 0. The first-order valence-electron chi connectivity index (χ1n) is 7.88. The number of halogens is 1. The van der Waals surface area contributed by atoms with Gasteiger partial charge in [-0.1, -0.05) is 12.1 Å². The first-order valence-corrected chi connectivity index (χ1v) is 9.11. The zero-order chi connectivity index (χ0) is 15.8. The molecule has 0 radical (unpaired) electrons. The zero-order valence-corrected chi connectivity index (χ0v) is 17.4. The van der Waals surface area contributed by atoms with E-state index in [1.165, 1.54) is 28.9 Å². The quantitative estimate of drug-likeness (QED) is 0.210. The van der Waals surface area contributed by atoms with E-state index in [1.54, 1.807) is 18.8 Å². The van der Waals surface area contributed by atoms with Crippen molar-refractivity contribution in [1.29, 1.82) is 0 Å². The van der Waals surface area contributed by atoms with Crippen LogP contribution in [0.1, 0.15) is 24.0 Å². The van der Waals surface area contributed by atoms with Gasteiger partial charge in [0.15, 0.2) is 5.96 Å². The van der Waals surface area contributed by atoms with E-state index < -0.39 is 0 Å². The van der Waals surface area contributed by atoms with E-state index >= 15 is 0 Å². The molecule has 130 valence electrons. The lowest BCUT2D eigenvalue weighted by atomic mass is 10.1. The van der Waals surface area contributed by atoms with Crippen molar-refractivity contribution in [2.75, 3.05) is 33.1 Å². The summed E-state index contributed by atoms with van der Waals surface area (Å²) in [4.78, 5) is 5.57. The Bertz CT molecular complexity index is 507. The SMILES string of the molecule is CN=C(NCCOCC1CC1)NCc1ccc(C)cc1SC.I. The molecule has 1 saturated carbocycles. The molecule has 1 aliphatic carbocycles. The van der Waals surface area contributed by atoms with Gasteiger partial charge in [0.05, 0.1) is 6.61 Å². The van der Waals surface area contributed by atoms with Crippen LogP contribution in [0.3, 0.4) is 0 Å². The number of nitrogens with one attached hydrogen (secondary N) is 2. The monoisotopic (exact) mass is 449 g/mol. The summed E-state index contributed by atoms with van der Waals surface area (Å²) >= 11 is 1.78. The Morgan fingerprint density at radius 3 is 2.78 bits per heavy atom. The first-order chi connectivity index (χ1) is 10.7. The van der Waals surface area contributed by atoms with Crippen molar-refractivity contribution in [1.82, 2.24) is 10.6 Å². The van der Waals surface area contributed by atoms with E-state index in [0.29, 0.717) is 0 Å². The van der Waals surface area contributed by atoms with Crippen LogP contribution in [0.25, 0.3) is 0 Å². The number of aryl methyl sites for hydroxylation is 1. The molecule has 4 nitrogen and oxygen atoms in total. The summed E-state index contributed by atoms with van der Waals surface area (Å²) < 4.78 is 5.62. The predicted molar refractivity (Wildman–Crippen MR) is 110 cm³/mol. The molecule has 1 aromatic carbocycles. The number of hydrogen-bond donors (Lipinski definition) is 2. The van der Waals surface area contributed by atoms with Crippen LogP contribution in [0.15, 0.2) is 28.1 Å². The third-order valence-electron chi connectivity index (χ3n) is 3.70. The zero-order valence-electron chi connectivity index (χ0n) is 14.2. The van der Waals surface area contributed by atoms with Crippen LogP contribution in [-0.2, 0) is 11.3 Å². The average molecular weight is 449 g/mol. The second kappa shape index (κ2) is 11.1. The summed E-state index contributed by atoms with van der Waals surface area (Å²) in [5, 5.41) is 6.65. The van der Waals surface area contributed by atoms with Gasteiger partial charge in [0.2, 0.25) is 0 Å². The number of rotatable bonds is 8. The Morgan fingerprint density at radius 2 is 2.13 bits per heavy atom. The van der Waals surface area contributed by atoms with E-state index in [-0.39, 0.29) is 24.0 Å². The number of ether oxygens (including phenoxy) is 1. The van der Waals surface area contributed by atoms with Crippen molar-refractivity contribution in [2.45, 2.75) is 31.2 Å². The highest BCUT2D eigenvalue weighted by molar-refractivity contribution is 14.0. The van der Waals surface area contributed by atoms with Crippen molar-refractivity contribution in [2.24, 2.45) is 10.9 Å². The van der Waals surface area contributed by atoms with Crippen molar-refractivity contribution in [3.8, 4) is 0 Å². The van der Waals surface area contributed by atoms with Crippen LogP contribution < -0.4 is 10.6 Å². The molecule has 2 N–H and O–H groups in total. The van der Waals surface area contributed by atoms with Crippen molar-refractivity contribution >= 4 is 41.7 Å². The van der Waals surface area contributed by atoms with Crippen LogP contribution in [0, 0.1) is 12.8 Å². The lowest BCUT2D eigenvalue weighted by Gasteiger charge is -2.14. The highest BCUT2D eigenvalue weighted by Gasteiger charge is 2.20. The van der Waals surface area contributed by atoms with Crippen molar-refractivity contribution in [3.63, 3.8) is 0 Å². The summed E-state index contributed by atoms with van der Waals surface area (Å²) in [7, 11) is 1.80. The second-order valence-electron chi connectivity index (χ2n) is 5.69. The Morgan fingerprint density at radius 1 is 1.35 bits per heavy atom. The molecule has 1 fully saturated rings. The number of nitrogens with zero attached hydrogens (tertiary/aromatic N) is 1. The maximum absolute atomic E-state index is 5.62. The minimum absolute atomic E-state index is 0. The van der Waals surface area contributed by atoms with Crippen LogP contribution in [0.5, 0.6) is 0 Å². The van der Waals surface area contributed by atoms with Crippen LogP contribution in [0.2, 0.25) is 0 Å². The number of aliphatic imine (C=N–C) groups is 1. The average Bonchev–Trinajstić information content (AvgIpc) is 3.35. The predicted octanol–water partition coefficient (Wildman–Crippen LogP) is 3.43. The molecular weight excluding hydrogens is 421 g/mol. The van der Waals surface area contributed by atoms with E-state index in [0.717, 1.165) is 38.2 Å². The molecule has 0 bridgehead atoms. The van der Waals surface area contributed by atoms with Crippen LogP contribution in [0.4, 0.5) is 0 Å². The Hall–Kier alpha value is -0.470. The standard InChI is InChI=1S/C17H27N3OS.HI/c1-13-4-7-15(16(10-13)22-3)11-20-17(18-2)19-8-9-21-12-14-5-6-14;/h4,7,10,14H,5-6,8-9,11-12H2,1-3H3,(H2,18,19,20);1H. The van der Waals surface area contributed by atoms with Gasteiger partial charge in [-0.15, -0.1) is 35.7 Å². The molecule has 1 aliphatic rings. The lowest BCUT2D eigenvalue weighted by Crippen LogP contribution is -2.38. The highest BCUT2D eigenvalue weighted by Crippen LogP contribution is 2.28. The normalized spacial score (nSPS) is 14.3. The molecule has 6 heteroatoms. The summed E-state index contributed by atoms with van der Waals surface area (Å²) in [5.41, 5.74) is 2.59. The molecule has 0 spiro atoms. The molecule has 1 aromatic rings. The summed E-state index contributed by atoms with van der Waals surface area (Å²) in [6, 6.07) is 6.56. The van der Waals surface area contributed by atoms with Gasteiger partial charge in [-0.2, -0.15) is 0 Å². The van der Waals surface area contributed by atoms with Gasteiger partial charge < -0.3 is 15.4 Å². The maximum atomic E-state index is 5.62. The van der Waals surface area contributed by atoms with Crippen molar-refractivity contribution < 1.29 is 4.74 Å². The fourth-order valence-electron chi connectivity index (χ4n) is 2.17. The van der Waals surface area contributed by atoms with Gasteiger partial charge in [-0.3, -0.25) is 4.99 Å². The summed E-state index contributed by atoms with van der Waals surface area (Å²) in [6.07, 6.45) is 4.79.